The number of hydrogen-bond donors (Lipinski definition) is 1. The van der Waals surface area contributed by atoms with E-state index in [1.165, 1.54) is 6.92 Å². The van der Waals surface area contributed by atoms with Gasteiger partial charge in [-0.25, -0.2) is 4.98 Å². The summed E-state index contributed by atoms with van der Waals surface area (Å²) in [6, 6.07) is 9.57. The third-order valence-electron chi connectivity index (χ3n) is 4.01. The minimum atomic E-state index is -0.310. The molecular weight excluding hydrogens is 332 g/mol. The minimum absolute atomic E-state index is 0.310. The highest BCUT2D eigenvalue weighted by Crippen LogP contribution is 2.25. The molecule has 1 N–H and O–H groups in total. The molecule has 6 heteroatoms. The van der Waals surface area contributed by atoms with Crippen LogP contribution in [0.1, 0.15) is 29.5 Å². The molecular formula is C20H22N2O4. The van der Waals surface area contributed by atoms with Crippen LogP contribution in [0.2, 0.25) is 0 Å². The highest BCUT2D eigenvalue weighted by molar-refractivity contribution is 5.74. The highest BCUT2D eigenvalue weighted by atomic mass is 16.5. The van der Waals surface area contributed by atoms with Crippen LogP contribution in [0.15, 0.2) is 34.7 Å². The Balaban J connectivity index is 1.65. The molecule has 0 bridgehead atoms. The van der Waals surface area contributed by atoms with E-state index in [2.05, 4.69) is 10.3 Å². The maximum atomic E-state index is 11.2. The lowest BCUT2D eigenvalue weighted by Crippen LogP contribution is -2.13. The Morgan fingerprint density at radius 2 is 1.88 bits per heavy atom. The molecule has 6 nitrogen and oxygen atoms in total. The van der Waals surface area contributed by atoms with Crippen molar-refractivity contribution in [1.82, 2.24) is 10.3 Å². The van der Waals surface area contributed by atoms with E-state index in [1.807, 2.05) is 44.2 Å². The summed E-state index contributed by atoms with van der Waals surface area (Å²) in [7, 11) is 1.63. The molecule has 0 saturated carbocycles. The van der Waals surface area contributed by atoms with Crippen molar-refractivity contribution < 1.29 is 18.7 Å². The first kappa shape index (κ1) is 17.9. The maximum absolute atomic E-state index is 11.2. The summed E-state index contributed by atoms with van der Waals surface area (Å²) < 4.78 is 16.2. The number of benzene rings is 2. The number of oxazole rings is 1. The van der Waals surface area contributed by atoms with Crippen molar-refractivity contribution in [3.63, 3.8) is 0 Å². The van der Waals surface area contributed by atoms with E-state index in [9.17, 15) is 4.79 Å². The second-order valence-corrected chi connectivity index (χ2v) is 6.20. The highest BCUT2D eigenvalue weighted by Gasteiger charge is 2.10. The SMILES string of the molecule is COc1ccc2oc(CNCc3cc(C)c(OC(C)=O)c(C)c3)nc2c1. The fraction of sp³-hybridized carbons (Fsp3) is 0.300. The van der Waals surface area contributed by atoms with Crippen molar-refractivity contribution in [1.29, 1.82) is 0 Å². The molecule has 0 amide bonds. The summed E-state index contributed by atoms with van der Waals surface area (Å²) in [5, 5.41) is 3.33. The van der Waals surface area contributed by atoms with Gasteiger partial charge < -0.3 is 19.2 Å². The molecule has 1 aromatic heterocycles. The van der Waals surface area contributed by atoms with E-state index >= 15 is 0 Å². The normalized spacial score (nSPS) is 10.9. The second-order valence-electron chi connectivity index (χ2n) is 6.20. The molecule has 3 aromatic rings. The van der Waals surface area contributed by atoms with Crippen molar-refractivity contribution in [2.75, 3.05) is 7.11 Å². The Morgan fingerprint density at radius 3 is 2.54 bits per heavy atom. The summed E-state index contributed by atoms with van der Waals surface area (Å²) in [6.45, 7) is 6.45. The third kappa shape index (κ3) is 4.03. The number of fused-ring (bicyclic) bond motifs is 1. The molecule has 1 heterocycles. The van der Waals surface area contributed by atoms with Gasteiger partial charge in [0, 0.05) is 19.5 Å². The van der Waals surface area contributed by atoms with Crippen LogP contribution in [-0.2, 0) is 17.9 Å². The van der Waals surface area contributed by atoms with Gasteiger partial charge in [0.05, 0.1) is 13.7 Å². The Morgan fingerprint density at radius 1 is 1.15 bits per heavy atom. The van der Waals surface area contributed by atoms with Gasteiger partial charge in [0.25, 0.3) is 0 Å². The van der Waals surface area contributed by atoms with Crippen molar-refractivity contribution in [2.24, 2.45) is 0 Å². The van der Waals surface area contributed by atoms with Gasteiger partial charge in [-0.3, -0.25) is 4.79 Å². The van der Waals surface area contributed by atoms with Crippen LogP contribution in [0.4, 0.5) is 0 Å². The fourth-order valence-electron chi connectivity index (χ4n) is 2.92. The van der Waals surface area contributed by atoms with E-state index in [4.69, 9.17) is 13.9 Å². The molecule has 0 aliphatic rings. The van der Waals surface area contributed by atoms with Gasteiger partial charge in [-0.1, -0.05) is 12.1 Å². The van der Waals surface area contributed by atoms with Crippen LogP contribution in [0.25, 0.3) is 11.1 Å². The number of rotatable bonds is 6. The number of esters is 1. The smallest absolute Gasteiger partial charge is 0.308 e. The van der Waals surface area contributed by atoms with Crippen LogP contribution in [0, 0.1) is 13.8 Å². The van der Waals surface area contributed by atoms with E-state index < -0.39 is 0 Å². The standard InChI is InChI=1S/C20H22N2O4/c1-12-7-15(8-13(2)20(12)25-14(3)23)10-21-11-19-22-17-9-16(24-4)5-6-18(17)26-19/h5-9,21H,10-11H2,1-4H3. The Hall–Kier alpha value is -2.86. The number of hydrogen-bond acceptors (Lipinski definition) is 6. The summed E-state index contributed by atoms with van der Waals surface area (Å²) in [6.07, 6.45) is 0. The van der Waals surface area contributed by atoms with Gasteiger partial charge in [-0.05, 0) is 42.7 Å². The Kier molecular flexibility index (Phi) is 5.23. The van der Waals surface area contributed by atoms with Crippen LogP contribution in [0.5, 0.6) is 11.5 Å². The zero-order valence-electron chi connectivity index (χ0n) is 15.4. The zero-order chi connectivity index (χ0) is 18.7. The average molecular weight is 354 g/mol. The predicted octanol–water partition coefficient (Wildman–Crippen LogP) is 3.67. The molecule has 0 spiro atoms. The number of carbonyl (C=O) groups excluding carboxylic acids is 1. The van der Waals surface area contributed by atoms with Gasteiger partial charge in [0.15, 0.2) is 5.58 Å². The van der Waals surface area contributed by atoms with E-state index in [-0.39, 0.29) is 5.97 Å². The first-order valence-corrected chi connectivity index (χ1v) is 8.39. The average Bonchev–Trinajstić information content (AvgIpc) is 2.99. The molecule has 0 aliphatic heterocycles. The first-order chi connectivity index (χ1) is 12.5. The predicted molar refractivity (Wildman–Crippen MR) is 98.3 cm³/mol. The monoisotopic (exact) mass is 354 g/mol. The van der Waals surface area contributed by atoms with Gasteiger partial charge in [0.1, 0.15) is 17.0 Å². The summed E-state index contributed by atoms with van der Waals surface area (Å²) >= 11 is 0. The number of ether oxygens (including phenoxy) is 2. The second kappa shape index (κ2) is 7.58. The van der Waals surface area contributed by atoms with Crippen LogP contribution in [-0.4, -0.2) is 18.1 Å². The fourth-order valence-corrected chi connectivity index (χ4v) is 2.92. The quantitative estimate of drug-likeness (QED) is 0.538. The van der Waals surface area contributed by atoms with Gasteiger partial charge in [-0.2, -0.15) is 0 Å². The van der Waals surface area contributed by atoms with Gasteiger partial charge >= 0.3 is 5.97 Å². The topological polar surface area (TPSA) is 73.6 Å². The number of nitrogens with zero attached hydrogens (tertiary/aromatic N) is 1. The maximum Gasteiger partial charge on any atom is 0.308 e. The third-order valence-corrected chi connectivity index (χ3v) is 4.01. The van der Waals surface area contributed by atoms with Gasteiger partial charge in [0.2, 0.25) is 5.89 Å². The Labute approximate surface area is 152 Å². The largest absolute Gasteiger partial charge is 0.497 e. The molecule has 0 saturated heterocycles. The lowest BCUT2D eigenvalue weighted by Gasteiger charge is -2.12. The molecule has 0 unspecified atom stereocenters. The number of aryl methyl sites for hydroxylation is 2. The summed E-state index contributed by atoms with van der Waals surface area (Å²) in [5.41, 5.74) is 4.49. The molecule has 0 atom stereocenters. The van der Waals surface area contributed by atoms with Crippen molar-refractivity contribution >= 4 is 17.1 Å². The van der Waals surface area contributed by atoms with E-state index in [0.29, 0.717) is 24.7 Å². The zero-order valence-corrected chi connectivity index (χ0v) is 15.4. The minimum Gasteiger partial charge on any atom is -0.497 e. The molecule has 0 fully saturated rings. The molecule has 26 heavy (non-hydrogen) atoms. The van der Waals surface area contributed by atoms with Crippen LogP contribution < -0.4 is 14.8 Å². The lowest BCUT2D eigenvalue weighted by atomic mass is 10.1. The van der Waals surface area contributed by atoms with Crippen molar-refractivity contribution in [2.45, 2.75) is 33.9 Å². The van der Waals surface area contributed by atoms with Crippen LogP contribution in [0.3, 0.4) is 0 Å². The number of carbonyl (C=O) groups is 1. The molecule has 3 rings (SSSR count). The summed E-state index contributed by atoms with van der Waals surface area (Å²) in [4.78, 5) is 15.7. The number of methoxy groups -OCH3 is 1. The molecule has 0 radical (unpaired) electrons. The number of nitrogens with one attached hydrogen (secondary N) is 1. The Bertz CT molecular complexity index is 923. The molecule has 2 aromatic carbocycles. The van der Waals surface area contributed by atoms with Crippen LogP contribution >= 0.6 is 0 Å². The molecule has 0 aliphatic carbocycles. The lowest BCUT2D eigenvalue weighted by molar-refractivity contribution is -0.131. The van der Waals surface area contributed by atoms with Crippen molar-refractivity contribution in [3.05, 3.63) is 52.9 Å². The van der Waals surface area contributed by atoms with Gasteiger partial charge in [-0.15, -0.1) is 0 Å². The first-order valence-electron chi connectivity index (χ1n) is 8.39. The van der Waals surface area contributed by atoms with Crippen molar-refractivity contribution in [3.8, 4) is 11.5 Å². The molecule has 136 valence electrons. The summed E-state index contributed by atoms with van der Waals surface area (Å²) in [5.74, 6) is 1.70. The van der Waals surface area contributed by atoms with E-state index in [0.717, 1.165) is 33.5 Å². The number of aromatic nitrogens is 1. The van der Waals surface area contributed by atoms with E-state index in [1.54, 1.807) is 7.11 Å².